The van der Waals surface area contributed by atoms with E-state index >= 15 is 0 Å². The molecule has 0 unspecified atom stereocenters. The largest absolute Gasteiger partial charge is 0.379 e. The maximum Gasteiger partial charge on any atom is 0.260 e. The Kier molecular flexibility index (Phi) is 9.78. The number of halogens is 1. The molecule has 11 heteroatoms. The van der Waals surface area contributed by atoms with Crippen LogP contribution < -0.4 is 4.90 Å². The monoisotopic (exact) mass is 578 g/mol. The normalized spacial score (nSPS) is 17.8. The molecular weight excluding hydrogens is 544 g/mol. The van der Waals surface area contributed by atoms with E-state index < -0.39 is 10.0 Å². The van der Waals surface area contributed by atoms with Crippen LogP contribution in [0, 0.1) is 5.92 Å². The lowest BCUT2D eigenvalue weighted by atomic mass is 10.0. The van der Waals surface area contributed by atoms with Crippen molar-refractivity contribution in [1.29, 1.82) is 0 Å². The first-order valence-electron chi connectivity index (χ1n) is 13.0. The molecule has 8 nitrogen and oxygen atoms in total. The number of piperidine rings is 1. The minimum Gasteiger partial charge on any atom is -0.379 e. The summed E-state index contributed by atoms with van der Waals surface area (Å²) in [5, 5.41) is 0.660. The van der Waals surface area contributed by atoms with Crippen LogP contribution >= 0.6 is 23.7 Å². The maximum absolute atomic E-state index is 13.7. The van der Waals surface area contributed by atoms with E-state index in [-0.39, 0.29) is 23.2 Å². The fourth-order valence-electron chi connectivity index (χ4n) is 4.84. The van der Waals surface area contributed by atoms with E-state index in [2.05, 4.69) is 11.8 Å². The molecule has 5 rings (SSSR count). The number of hydrogen-bond acceptors (Lipinski definition) is 7. The zero-order chi connectivity index (χ0) is 25.8. The number of morpholine rings is 1. The SMILES string of the molecule is CC1CCN(S(=O)(=O)c2ccc(C(=O)N(CCCN3CCOCC3)c3nc4ccccc4s3)cc2)CC1.Cl. The Labute approximate surface area is 235 Å². The first kappa shape index (κ1) is 28.9. The van der Waals surface area contributed by atoms with E-state index in [1.165, 1.54) is 11.3 Å². The number of carbonyl (C=O) groups is 1. The molecule has 38 heavy (non-hydrogen) atoms. The molecule has 2 aromatic carbocycles. The standard InChI is InChI=1S/C27H34N4O4S2.ClH/c1-21-11-15-30(16-12-21)37(33,34)23-9-7-22(8-10-23)26(32)31(14-4-13-29-17-19-35-20-18-29)27-28-24-5-2-3-6-25(24)36-27;/h2-3,5-10,21H,4,11-20H2,1H3;1H. The van der Waals surface area contributed by atoms with Crippen molar-refractivity contribution in [2.24, 2.45) is 5.92 Å². The summed E-state index contributed by atoms with van der Waals surface area (Å²) >= 11 is 1.50. The average molecular weight is 579 g/mol. The second-order valence-corrected chi connectivity index (χ2v) is 12.8. The van der Waals surface area contributed by atoms with Crippen LogP contribution in [0.3, 0.4) is 0 Å². The van der Waals surface area contributed by atoms with E-state index in [1.807, 2.05) is 24.3 Å². The highest BCUT2D eigenvalue weighted by Gasteiger charge is 2.29. The third-order valence-corrected chi connectivity index (χ3v) is 10.2. The molecule has 0 bridgehead atoms. The lowest BCUT2D eigenvalue weighted by Crippen LogP contribution is -2.39. The Hall–Kier alpha value is -2.08. The zero-order valence-corrected chi connectivity index (χ0v) is 24.1. The molecule has 0 aliphatic carbocycles. The highest BCUT2D eigenvalue weighted by atomic mass is 35.5. The molecule has 0 atom stereocenters. The Morgan fingerprint density at radius 1 is 1.05 bits per heavy atom. The molecule has 2 aliphatic heterocycles. The van der Waals surface area contributed by atoms with Gasteiger partial charge in [-0.25, -0.2) is 13.4 Å². The Bertz CT molecular complexity index is 1290. The molecule has 0 N–H and O–H groups in total. The molecule has 0 radical (unpaired) electrons. The van der Waals surface area contributed by atoms with Gasteiger partial charge in [-0.3, -0.25) is 14.6 Å². The Balaban J connectivity index is 0.00000336. The number of para-hydroxylation sites is 1. The van der Waals surface area contributed by atoms with Crippen molar-refractivity contribution in [3.63, 3.8) is 0 Å². The van der Waals surface area contributed by atoms with Gasteiger partial charge in [-0.1, -0.05) is 30.4 Å². The summed E-state index contributed by atoms with van der Waals surface area (Å²) in [5.41, 5.74) is 1.32. The molecule has 1 aromatic heterocycles. The van der Waals surface area contributed by atoms with Crippen molar-refractivity contribution in [3.05, 3.63) is 54.1 Å². The molecule has 2 fully saturated rings. The average Bonchev–Trinajstić information content (AvgIpc) is 3.36. The predicted octanol–water partition coefficient (Wildman–Crippen LogP) is 4.51. The van der Waals surface area contributed by atoms with Gasteiger partial charge in [-0.05, 0) is 61.6 Å². The van der Waals surface area contributed by atoms with Gasteiger partial charge in [-0.2, -0.15) is 4.31 Å². The quantitative estimate of drug-likeness (QED) is 0.391. The minimum atomic E-state index is -3.56. The second kappa shape index (κ2) is 12.8. The van der Waals surface area contributed by atoms with Crippen molar-refractivity contribution in [2.75, 3.05) is 57.4 Å². The number of sulfonamides is 1. The van der Waals surface area contributed by atoms with Crippen LogP contribution in [0.1, 0.15) is 36.5 Å². The fraction of sp³-hybridized carbons (Fsp3) is 0.481. The third-order valence-electron chi connectivity index (χ3n) is 7.20. The van der Waals surface area contributed by atoms with E-state index in [0.717, 1.165) is 62.3 Å². The fourth-order valence-corrected chi connectivity index (χ4v) is 7.30. The van der Waals surface area contributed by atoms with E-state index in [9.17, 15) is 13.2 Å². The molecule has 1 amide bonds. The van der Waals surface area contributed by atoms with E-state index in [0.29, 0.717) is 36.2 Å². The number of amides is 1. The molecular formula is C27H35ClN4O4S2. The van der Waals surface area contributed by atoms with Crippen LogP contribution in [0.15, 0.2) is 53.4 Å². The summed E-state index contributed by atoms with van der Waals surface area (Å²) in [6, 6.07) is 14.3. The summed E-state index contributed by atoms with van der Waals surface area (Å²) in [7, 11) is -3.56. The van der Waals surface area contributed by atoms with Crippen molar-refractivity contribution in [1.82, 2.24) is 14.2 Å². The van der Waals surface area contributed by atoms with Crippen LogP contribution in [-0.4, -0.2) is 81.0 Å². The number of anilines is 1. The van der Waals surface area contributed by atoms with Gasteiger partial charge in [0.15, 0.2) is 5.13 Å². The first-order valence-corrected chi connectivity index (χ1v) is 15.3. The van der Waals surface area contributed by atoms with Crippen molar-refractivity contribution >= 4 is 55.0 Å². The summed E-state index contributed by atoms with van der Waals surface area (Å²) in [5.74, 6) is 0.375. The first-order chi connectivity index (χ1) is 17.9. The molecule has 2 aliphatic rings. The van der Waals surface area contributed by atoms with Gasteiger partial charge in [0, 0.05) is 44.8 Å². The van der Waals surface area contributed by atoms with Gasteiger partial charge in [-0.15, -0.1) is 12.4 Å². The van der Waals surface area contributed by atoms with Crippen LogP contribution in [-0.2, 0) is 14.8 Å². The highest BCUT2D eigenvalue weighted by Crippen LogP contribution is 2.30. The molecule has 0 spiro atoms. The molecule has 2 saturated heterocycles. The van der Waals surface area contributed by atoms with Gasteiger partial charge in [0.05, 0.1) is 28.3 Å². The number of nitrogens with zero attached hydrogens (tertiary/aromatic N) is 4. The second-order valence-electron chi connectivity index (χ2n) is 9.84. The lowest BCUT2D eigenvalue weighted by Gasteiger charge is -2.29. The van der Waals surface area contributed by atoms with Gasteiger partial charge < -0.3 is 4.74 Å². The number of benzene rings is 2. The third kappa shape index (κ3) is 6.55. The van der Waals surface area contributed by atoms with Crippen LogP contribution in [0.5, 0.6) is 0 Å². The van der Waals surface area contributed by atoms with Crippen molar-refractivity contribution in [3.8, 4) is 0 Å². The molecule has 206 valence electrons. The van der Waals surface area contributed by atoms with Crippen LogP contribution in [0.25, 0.3) is 10.2 Å². The molecule has 3 aromatic rings. The number of aromatic nitrogens is 1. The zero-order valence-electron chi connectivity index (χ0n) is 21.6. The van der Waals surface area contributed by atoms with Crippen LogP contribution in [0.2, 0.25) is 0 Å². The maximum atomic E-state index is 13.7. The minimum absolute atomic E-state index is 0. The predicted molar refractivity (Wildman–Crippen MR) is 154 cm³/mol. The van der Waals surface area contributed by atoms with Gasteiger partial charge in [0.2, 0.25) is 10.0 Å². The summed E-state index contributed by atoms with van der Waals surface area (Å²) < 4.78 is 34.3. The number of carbonyl (C=O) groups excluding carboxylic acids is 1. The molecule has 3 heterocycles. The van der Waals surface area contributed by atoms with Crippen molar-refractivity contribution < 1.29 is 17.9 Å². The summed E-state index contributed by atoms with van der Waals surface area (Å²) in [4.78, 5) is 22.8. The van der Waals surface area contributed by atoms with Crippen molar-refractivity contribution in [2.45, 2.75) is 31.1 Å². The Morgan fingerprint density at radius 3 is 2.42 bits per heavy atom. The van der Waals surface area contributed by atoms with E-state index in [1.54, 1.807) is 33.5 Å². The summed E-state index contributed by atoms with van der Waals surface area (Å²) in [6.45, 7) is 7.94. The Morgan fingerprint density at radius 2 is 1.74 bits per heavy atom. The van der Waals surface area contributed by atoms with Gasteiger partial charge in [0.1, 0.15) is 0 Å². The van der Waals surface area contributed by atoms with Crippen LogP contribution in [0.4, 0.5) is 5.13 Å². The number of rotatable bonds is 8. The number of fused-ring (bicyclic) bond motifs is 1. The molecule has 0 saturated carbocycles. The van der Waals surface area contributed by atoms with E-state index in [4.69, 9.17) is 9.72 Å². The lowest BCUT2D eigenvalue weighted by molar-refractivity contribution is 0.0376. The van der Waals surface area contributed by atoms with Gasteiger partial charge in [0.25, 0.3) is 5.91 Å². The summed E-state index contributed by atoms with van der Waals surface area (Å²) in [6.07, 6.45) is 2.55. The highest BCUT2D eigenvalue weighted by molar-refractivity contribution is 7.89. The number of ether oxygens (including phenoxy) is 1. The number of hydrogen-bond donors (Lipinski definition) is 0. The smallest absolute Gasteiger partial charge is 0.260 e. The van der Waals surface area contributed by atoms with Gasteiger partial charge >= 0.3 is 0 Å². The number of thiazole rings is 1. The topological polar surface area (TPSA) is 83.1 Å².